The van der Waals surface area contributed by atoms with Gasteiger partial charge in [-0.25, -0.2) is 8.78 Å². The summed E-state index contributed by atoms with van der Waals surface area (Å²) in [5.74, 6) is -3.54. The number of nitrogens with zero attached hydrogens (tertiary/aromatic N) is 2. The third-order valence-electron chi connectivity index (χ3n) is 5.50. The number of carboxylic acids is 1. The number of benzene rings is 2. The van der Waals surface area contributed by atoms with Gasteiger partial charge in [0.15, 0.2) is 0 Å². The third kappa shape index (κ3) is 5.94. The lowest BCUT2D eigenvalue weighted by Gasteiger charge is -2.16. The van der Waals surface area contributed by atoms with E-state index < -0.39 is 17.8 Å². The lowest BCUT2D eigenvalue weighted by atomic mass is 10.1. The number of hydrogen-bond donors (Lipinski definition) is 1. The molecule has 2 aliphatic rings. The molecule has 2 aromatic carbocycles. The summed E-state index contributed by atoms with van der Waals surface area (Å²) in [5.41, 5.74) is 1.14. The van der Waals surface area contributed by atoms with Gasteiger partial charge in [0.2, 0.25) is 11.8 Å². The molecule has 0 bridgehead atoms. The van der Waals surface area contributed by atoms with E-state index in [0.29, 0.717) is 24.5 Å². The highest BCUT2D eigenvalue weighted by molar-refractivity contribution is 6.00. The van der Waals surface area contributed by atoms with Crippen LogP contribution in [0.5, 0.6) is 0 Å². The predicted molar refractivity (Wildman–Crippen MR) is 118 cm³/mol. The van der Waals surface area contributed by atoms with Crippen LogP contribution >= 0.6 is 0 Å². The Morgan fingerprint density at radius 2 is 1.26 bits per heavy atom. The van der Waals surface area contributed by atoms with Crippen molar-refractivity contribution in [3.63, 3.8) is 0 Å². The molecule has 2 fully saturated rings. The minimum atomic E-state index is -0.974. The molecule has 2 heterocycles. The molecule has 10 heteroatoms. The van der Waals surface area contributed by atoms with Crippen LogP contribution in [0.4, 0.5) is 20.2 Å². The van der Waals surface area contributed by atoms with E-state index in [2.05, 4.69) is 0 Å². The monoisotopic (exact) mass is 474 g/mol. The van der Waals surface area contributed by atoms with Crippen LogP contribution in [-0.4, -0.2) is 48.6 Å². The number of ether oxygens (including phenoxy) is 1. The second-order valence-corrected chi connectivity index (χ2v) is 7.85. The molecule has 8 nitrogen and oxygen atoms in total. The Labute approximate surface area is 194 Å². The van der Waals surface area contributed by atoms with Gasteiger partial charge in [-0.3, -0.25) is 19.2 Å². The molecule has 2 saturated heterocycles. The van der Waals surface area contributed by atoms with E-state index >= 15 is 0 Å². The van der Waals surface area contributed by atoms with Crippen molar-refractivity contribution in [2.45, 2.75) is 19.8 Å². The molecule has 0 aromatic heterocycles. The zero-order valence-electron chi connectivity index (χ0n) is 18.4. The van der Waals surface area contributed by atoms with Gasteiger partial charge in [0, 0.05) is 37.3 Å². The van der Waals surface area contributed by atoms with E-state index in [1.165, 1.54) is 58.3 Å². The van der Waals surface area contributed by atoms with Crippen LogP contribution in [0.25, 0.3) is 0 Å². The number of hydrogen-bond acceptors (Lipinski definition) is 5. The van der Waals surface area contributed by atoms with Crippen molar-refractivity contribution in [1.82, 2.24) is 0 Å². The molecule has 0 saturated carbocycles. The second kappa shape index (κ2) is 10.9. The number of amides is 2. The first-order valence-corrected chi connectivity index (χ1v) is 10.7. The summed E-state index contributed by atoms with van der Waals surface area (Å²) in [6.07, 6.45) is 0.156. The Bertz CT molecular complexity index is 1060. The van der Waals surface area contributed by atoms with E-state index in [9.17, 15) is 28.0 Å². The number of aliphatic carboxylic acids is 1. The van der Waals surface area contributed by atoms with Crippen LogP contribution in [0.3, 0.4) is 0 Å². The van der Waals surface area contributed by atoms with Crippen molar-refractivity contribution in [1.29, 1.82) is 0 Å². The first-order chi connectivity index (χ1) is 16.2. The number of halogens is 2. The molecule has 2 aromatic rings. The number of carbonyl (C=O) groups is 4. The maximum Gasteiger partial charge on any atom is 0.311 e. The fourth-order valence-electron chi connectivity index (χ4n) is 3.74. The summed E-state index contributed by atoms with van der Waals surface area (Å²) in [5, 5.41) is 8.80. The highest BCUT2D eigenvalue weighted by atomic mass is 19.1. The average molecular weight is 474 g/mol. The van der Waals surface area contributed by atoms with Gasteiger partial charge in [0.05, 0.1) is 18.4 Å². The van der Waals surface area contributed by atoms with E-state index in [1.54, 1.807) is 6.92 Å². The minimum absolute atomic E-state index is 0.00666. The average Bonchev–Trinajstić information content (AvgIpc) is 3.39. The first-order valence-electron chi connectivity index (χ1n) is 10.7. The number of esters is 1. The summed E-state index contributed by atoms with van der Waals surface area (Å²) in [4.78, 5) is 48.5. The number of carboxylic acid groups (broad SMARTS) is 1. The highest BCUT2D eigenvalue weighted by Gasteiger charge is 2.36. The van der Waals surface area contributed by atoms with E-state index in [0.717, 1.165) is 0 Å². The Morgan fingerprint density at radius 1 is 0.853 bits per heavy atom. The molecule has 1 N–H and O–H groups in total. The molecule has 0 spiro atoms. The second-order valence-electron chi connectivity index (χ2n) is 7.85. The zero-order valence-corrected chi connectivity index (χ0v) is 18.4. The summed E-state index contributed by atoms with van der Waals surface area (Å²) >= 11 is 0. The molecule has 2 aliphatic heterocycles. The summed E-state index contributed by atoms with van der Waals surface area (Å²) < 4.78 is 30.4. The van der Waals surface area contributed by atoms with Crippen molar-refractivity contribution in [2.75, 3.05) is 29.5 Å². The van der Waals surface area contributed by atoms with Crippen molar-refractivity contribution in [2.24, 2.45) is 11.8 Å². The fraction of sp³-hybridized carbons (Fsp3) is 0.333. The molecule has 2 atom stereocenters. The van der Waals surface area contributed by atoms with Gasteiger partial charge in [0.25, 0.3) is 0 Å². The quantitative estimate of drug-likeness (QED) is 0.669. The highest BCUT2D eigenvalue weighted by Crippen LogP contribution is 2.26. The third-order valence-corrected chi connectivity index (χ3v) is 5.50. The standard InChI is InChI=1S/C13H14FNO3.C11H10FNO3/c1-2-18-13(17)9-7-12(16)15(8-9)11-5-3-10(14)4-6-11;12-8-1-3-9(4-2-8)13-6-7(11(15)16)5-10(13)14/h3-6,9H,2,7-8H2,1H3;1-4,7H,5-6H2,(H,15,16). The first kappa shape index (κ1) is 24.8. The topological polar surface area (TPSA) is 104 Å². The summed E-state index contributed by atoms with van der Waals surface area (Å²) in [7, 11) is 0. The largest absolute Gasteiger partial charge is 0.481 e. The van der Waals surface area contributed by atoms with Crippen molar-refractivity contribution < 1.29 is 37.8 Å². The molecular formula is C24H24F2N2O6. The van der Waals surface area contributed by atoms with Crippen LogP contribution in [0.15, 0.2) is 48.5 Å². The number of carbonyl (C=O) groups excluding carboxylic acids is 3. The molecule has 4 rings (SSSR count). The number of anilines is 2. The van der Waals surface area contributed by atoms with Gasteiger partial charge in [-0.05, 0) is 55.5 Å². The SMILES string of the molecule is CCOC(=O)C1CC(=O)N(c2ccc(F)cc2)C1.O=C(O)C1CC(=O)N(c2ccc(F)cc2)C1. The molecule has 2 unspecified atom stereocenters. The Balaban J connectivity index is 0.000000192. The van der Waals surface area contributed by atoms with Gasteiger partial charge in [0.1, 0.15) is 11.6 Å². The van der Waals surface area contributed by atoms with Crippen LogP contribution in [0.1, 0.15) is 19.8 Å². The smallest absolute Gasteiger partial charge is 0.311 e. The van der Waals surface area contributed by atoms with Gasteiger partial charge >= 0.3 is 11.9 Å². The van der Waals surface area contributed by atoms with Crippen molar-refractivity contribution in [3.05, 3.63) is 60.2 Å². The van der Waals surface area contributed by atoms with Crippen LogP contribution < -0.4 is 9.80 Å². The lowest BCUT2D eigenvalue weighted by Crippen LogP contribution is -2.26. The summed E-state index contributed by atoms with van der Waals surface area (Å²) in [6, 6.07) is 11.1. The van der Waals surface area contributed by atoms with Crippen molar-refractivity contribution in [3.8, 4) is 0 Å². The van der Waals surface area contributed by atoms with Gasteiger partial charge in [-0.15, -0.1) is 0 Å². The Morgan fingerprint density at radius 3 is 1.65 bits per heavy atom. The molecule has 2 amide bonds. The normalized spacial score (nSPS) is 19.6. The van der Waals surface area contributed by atoms with Gasteiger partial charge in [-0.2, -0.15) is 0 Å². The van der Waals surface area contributed by atoms with E-state index in [4.69, 9.17) is 9.84 Å². The maximum atomic E-state index is 12.8. The minimum Gasteiger partial charge on any atom is -0.481 e. The van der Waals surface area contributed by atoms with E-state index in [1.807, 2.05) is 0 Å². The van der Waals surface area contributed by atoms with Crippen LogP contribution in [0, 0.1) is 23.5 Å². The van der Waals surface area contributed by atoms with Crippen LogP contribution in [0.2, 0.25) is 0 Å². The van der Waals surface area contributed by atoms with E-state index in [-0.39, 0.29) is 48.8 Å². The zero-order chi connectivity index (χ0) is 24.8. The molecule has 0 aliphatic carbocycles. The van der Waals surface area contributed by atoms with Crippen molar-refractivity contribution >= 4 is 35.1 Å². The predicted octanol–water partition coefficient (Wildman–Crippen LogP) is 3.00. The number of rotatable bonds is 5. The molecule has 180 valence electrons. The Kier molecular flexibility index (Phi) is 7.93. The molecular weight excluding hydrogens is 450 g/mol. The Hall–Kier alpha value is -3.82. The summed E-state index contributed by atoms with van der Waals surface area (Å²) in [6.45, 7) is 2.48. The fourth-order valence-corrected chi connectivity index (χ4v) is 3.74. The van der Waals surface area contributed by atoms with Gasteiger partial charge in [-0.1, -0.05) is 0 Å². The molecule has 0 radical (unpaired) electrons. The van der Waals surface area contributed by atoms with Gasteiger partial charge < -0.3 is 19.6 Å². The maximum absolute atomic E-state index is 12.8. The lowest BCUT2D eigenvalue weighted by molar-refractivity contribution is -0.147. The molecule has 34 heavy (non-hydrogen) atoms. The van der Waals surface area contributed by atoms with Crippen LogP contribution in [-0.2, 0) is 23.9 Å².